The highest BCUT2D eigenvalue weighted by Crippen LogP contribution is 2.74. The number of rotatable bonds is 18. The molecule has 69 heavy (non-hydrogen) atoms. The third-order valence-electron chi connectivity index (χ3n) is 22.5. The zero-order chi connectivity index (χ0) is 46.0. The third kappa shape index (κ3) is 9.89. The molecule has 0 N–H and O–H groups in total. The van der Waals surface area contributed by atoms with Gasteiger partial charge in [-0.05, 0) is 154 Å². The van der Waals surface area contributed by atoms with Gasteiger partial charge in [-0.3, -0.25) is 0 Å². The van der Waals surface area contributed by atoms with Crippen LogP contribution in [-0.2, 0) is 0 Å². The summed E-state index contributed by atoms with van der Waals surface area (Å²) in [7, 11) is -5.19. The van der Waals surface area contributed by atoms with Gasteiger partial charge < -0.3 is 0 Å². The lowest BCUT2D eigenvalue weighted by molar-refractivity contribution is 0.137. The van der Waals surface area contributed by atoms with E-state index >= 15 is 0 Å². The summed E-state index contributed by atoms with van der Waals surface area (Å²) in [5.74, 6) is 0. The van der Waals surface area contributed by atoms with Crippen LogP contribution >= 0.6 is 15.0 Å². The predicted molar refractivity (Wildman–Crippen MR) is 294 cm³/mol. The van der Waals surface area contributed by atoms with Crippen molar-refractivity contribution in [3.8, 4) is 0 Å². The molecule has 0 atom stereocenters. The first kappa shape index (κ1) is 50.2. The average molecular weight is 990 g/mol. The van der Waals surface area contributed by atoms with E-state index in [2.05, 4.69) is 28.0 Å². The molecule has 12 rings (SSSR count). The van der Waals surface area contributed by atoms with Crippen LogP contribution < -0.4 is 4.17 Å². The Labute approximate surface area is 426 Å². The molecule has 0 aliphatic heterocycles. The number of hydrogen-bond donors (Lipinski definition) is 0. The van der Waals surface area contributed by atoms with Crippen molar-refractivity contribution in [1.29, 1.82) is 0 Å². The first-order valence-electron chi connectivity index (χ1n) is 32.5. The minimum Gasteiger partial charge on any atom is -0.190 e. The van der Waals surface area contributed by atoms with E-state index in [0.717, 1.165) is 72.5 Å². The molecule has 12 fully saturated rings. The van der Waals surface area contributed by atoms with E-state index in [9.17, 15) is 0 Å². The van der Waals surface area contributed by atoms with Crippen LogP contribution in [0.4, 0.5) is 0 Å². The van der Waals surface area contributed by atoms with E-state index in [4.69, 9.17) is 4.17 Å². The summed E-state index contributed by atoms with van der Waals surface area (Å²) in [6, 6.07) is 8.74. The maximum atomic E-state index is 8.45. The van der Waals surface area contributed by atoms with Crippen molar-refractivity contribution in [2.45, 2.75) is 381 Å². The molecule has 392 valence electrons. The molecule has 12 saturated carbocycles. The van der Waals surface area contributed by atoms with Gasteiger partial charge in [-0.25, -0.2) is 0 Å². The summed E-state index contributed by atoms with van der Waals surface area (Å²) in [5.41, 5.74) is 0. The normalized spacial score (nSPS) is 29.9. The van der Waals surface area contributed by atoms with Gasteiger partial charge in [-0.15, -0.1) is 0 Å². The molecule has 0 heterocycles. The molecule has 0 radical (unpaired) electrons. The largest absolute Gasteiger partial charge is 0.433 e. The molecule has 9 heteroatoms. The van der Waals surface area contributed by atoms with Gasteiger partial charge in [0.25, 0.3) is 0 Å². The summed E-state index contributed by atoms with van der Waals surface area (Å²) in [6.45, 7) is 0. The molecule has 0 aromatic rings. The first-order chi connectivity index (χ1) is 34.2. The summed E-state index contributed by atoms with van der Waals surface area (Å²) < 4.78 is 30.7. The van der Waals surface area contributed by atoms with Gasteiger partial charge in [-0.1, -0.05) is 158 Å². The lowest BCUT2D eigenvalue weighted by Crippen LogP contribution is -2.59. The highest BCUT2D eigenvalue weighted by atomic mass is 31.2. The maximum Gasteiger partial charge on any atom is 0.433 e. The van der Waals surface area contributed by atoms with Crippen LogP contribution in [-0.4, -0.2) is 101 Å². The van der Waals surface area contributed by atoms with Crippen molar-refractivity contribution >= 4 is 15.0 Å². The Morgan fingerprint density at radius 3 is 0.333 bits per heavy atom. The highest BCUT2D eigenvalue weighted by Gasteiger charge is 2.68. The van der Waals surface area contributed by atoms with Crippen LogP contribution in [0.15, 0.2) is 0 Å². The second-order valence-corrected chi connectivity index (χ2v) is 32.3. The van der Waals surface area contributed by atoms with Crippen molar-refractivity contribution in [3.05, 3.63) is 0 Å². The van der Waals surface area contributed by atoms with Crippen LogP contribution in [0, 0.1) is 0 Å². The molecule has 7 nitrogen and oxygen atoms in total. The van der Waals surface area contributed by atoms with Gasteiger partial charge >= 0.3 is 15.0 Å². The quantitative estimate of drug-likeness (QED) is 0.101. The monoisotopic (exact) mass is 989 g/mol. The minimum absolute atomic E-state index is 0.729. The van der Waals surface area contributed by atoms with Gasteiger partial charge in [0.2, 0.25) is 0 Å². The number of hydrogen-bond acceptors (Lipinski definition) is 0. The molecule has 0 unspecified atom stereocenters. The lowest BCUT2D eigenvalue weighted by Gasteiger charge is -2.55. The molecule has 0 aromatic carbocycles. The van der Waals surface area contributed by atoms with Crippen molar-refractivity contribution < 1.29 is 0 Å². The summed E-state index contributed by atoms with van der Waals surface area (Å²) in [6.07, 6.45) is 70.4. The van der Waals surface area contributed by atoms with Gasteiger partial charge in [0.05, 0.1) is 0 Å². The van der Waals surface area contributed by atoms with Crippen molar-refractivity contribution in [2.75, 3.05) is 0 Å². The second kappa shape index (κ2) is 23.3. The average Bonchev–Trinajstić information content (AvgIpc) is 4.22. The minimum atomic E-state index is -2.60. The Kier molecular flexibility index (Phi) is 16.9. The fourth-order valence-electron chi connectivity index (χ4n) is 19.6. The summed E-state index contributed by atoms with van der Waals surface area (Å²) in [4.78, 5) is 0. The molecule has 12 aliphatic carbocycles. The van der Waals surface area contributed by atoms with Crippen molar-refractivity contribution in [3.63, 3.8) is 0 Å². The summed E-state index contributed by atoms with van der Waals surface area (Å²) in [5, 5.41) is 0. The second-order valence-electron chi connectivity index (χ2n) is 26.7. The molecular weight excluding hydrogens is 881 g/mol. The Morgan fingerprint density at radius 2 is 0.246 bits per heavy atom. The summed E-state index contributed by atoms with van der Waals surface area (Å²) >= 11 is 0. The van der Waals surface area contributed by atoms with Crippen LogP contribution in [0.1, 0.15) is 308 Å². The van der Waals surface area contributed by atoms with Gasteiger partial charge in [0.15, 0.2) is 0 Å². The Bertz CT molecular complexity index is 1300. The molecule has 12 aliphatic rings. The van der Waals surface area contributed by atoms with Crippen LogP contribution in [0.25, 0.3) is 0 Å². The maximum absolute atomic E-state index is 8.45. The Balaban J connectivity index is 1.34. The van der Waals surface area contributed by atoms with Crippen LogP contribution in [0.2, 0.25) is 0 Å². The van der Waals surface area contributed by atoms with Gasteiger partial charge in [-0.2, -0.15) is 28.0 Å². The van der Waals surface area contributed by atoms with E-state index in [0.29, 0.717) is 0 Å². The lowest BCUT2D eigenvalue weighted by atomic mass is 10.2. The Morgan fingerprint density at radius 1 is 0.159 bits per heavy atom. The molecule has 0 spiro atoms. The zero-order valence-electron chi connectivity index (χ0n) is 44.9. The van der Waals surface area contributed by atoms with E-state index in [1.807, 2.05) is 0 Å². The predicted octanol–water partition coefficient (Wildman–Crippen LogP) is 17.1. The van der Waals surface area contributed by atoms with E-state index in [1.54, 1.807) is 0 Å². The van der Waals surface area contributed by atoms with Crippen molar-refractivity contribution in [1.82, 2.24) is 32.2 Å². The molecule has 0 amide bonds. The first-order valence-corrected chi connectivity index (χ1v) is 35.7. The molecule has 0 aromatic heterocycles. The zero-order valence-corrected chi connectivity index (χ0v) is 46.7. The molecular formula is C60H108N7P2+. The van der Waals surface area contributed by atoms with E-state index in [-0.39, 0.29) is 0 Å². The topological polar surface area (TPSA) is 33.5 Å². The fourth-order valence-corrected chi connectivity index (χ4v) is 32.6. The van der Waals surface area contributed by atoms with E-state index < -0.39 is 15.0 Å². The van der Waals surface area contributed by atoms with Gasteiger partial charge in [0.1, 0.15) is 0 Å². The van der Waals surface area contributed by atoms with Crippen molar-refractivity contribution in [2.24, 2.45) is 0 Å². The van der Waals surface area contributed by atoms with Crippen LogP contribution in [0.3, 0.4) is 0 Å². The third-order valence-corrected chi connectivity index (χ3v) is 32.0. The standard InChI is InChI=1S/C60H108N7P2/c1-2-26-49(25-1)62(50-27-3-4-28-50)68(63(51-29-5-6-30-51)52-31-7-8-32-52,64(53-33-9-10-34-53)54-35-11-12-36-54)61-69(65(55-37-13-14-38-55)56-39-15-16-40-56,66(57-41-17-18-42-57)58-43-19-20-44-58)67(59-45-21-22-46-59)60-47-23-24-48-60/h49-60H,1-48H2/q+1. The molecule has 0 bridgehead atoms. The SMILES string of the molecule is C1CCC(N(C2CCCC2)P(=[N+]=P(N(C2CCCC2)C2CCCC2)(N(C2CCCC2)C2CCCC2)N(C2CCCC2)C2CCCC2)(N(C2CCCC2)C2CCCC2)N(C2CCCC2)C2CCCC2)C1. The molecule has 0 saturated heterocycles. The van der Waals surface area contributed by atoms with E-state index in [1.165, 1.54) is 308 Å². The van der Waals surface area contributed by atoms with Gasteiger partial charge in [0, 0.05) is 72.5 Å². The Hall–Kier alpha value is 0.330. The van der Waals surface area contributed by atoms with Crippen LogP contribution in [0.5, 0.6) is 0 Å². The fraction of sp³-hybridized carbons (Fsp3) is 1.00. The smallest absolute Gasteiger partial charge is 0.190 e. The highest BCUT2D eigenvalue weighted by molar-refractivity contribution is 7.66. The number of nitrogens with zero attached hydrogens (tertiary/aromatic N) is 7.